The van der Waals surface area contributed by atoms with Crippen LogP contribution in [0.15, 0.2) is 55.1 Å². The molecule has 0 unspecified atom stereocenters. The molecule has 1 fully saturated rings. The fourth-order valence-corrected chi connectivity index (χ4v) is 4.07. The van der Waals surface area contributed by atoms with Gasteiger partial charge >= 0.3 is 12.8 Å². The van der Waals surface area contributed by atoms with Crippen LogP contribution in [0, 0.1) is 0 Å². The highest BCUT2D eigenvalue weighted by atomic mass is 19.4. The molecule has 2 aromatic heterocycles. The zero-order valence-electron chi connectivity index (χ0n) is 18.6. The number of hydrogen-bond donors (Lipinski definition) is 0. The van der Waals surface area contributed by atoms with Gasteiger partial charge in [0.15, 0.2) is 0 Å². The zero-order chi connectivity index (χ0) is 25.0. The lowest BCUT2D eigenvalue weighted by Gasteiger charge is -2.40. The molecule has 1 saturated heterocycles. The van der Waals surface area contributed by atoms with Crippen molar-refractivity contribution in [3.8, 4) is 11.5 Å². The van der Waals surface area contributed by atoms with Crippen LogP contribution < -0.4 is 19.3 Å². The lowest BCUT2D eigenvalue weighted by Crippen LogP contribution is -2.43. The van der Waals surface area contributed by atoms with Crippen LogP contribution in [0.5, 0.6) is 11.5 Å². The maximum absolute atomic E-state index is 12.8. The van der Waals surface area contributed by atoms with Crippen molar-refractivity contribution in [2.45, 2.75) is 31.7 Å². The van der Waals surface area contributed by atoms with Gasteiger partial charge in [-0.15, -0.1) is 0 Å². The molecule has 0 spiro atoms. The normalized spacial score (nSPS) is 14.8. The predicted octanol–water partition coefficient (Wildman–Crippen LogP) is 5.31. The van der Waals surface area contributed by atoms with Gasteiger partial charge in [-0.1, -0.05) is 0 Å². The Morgan fingerprint density at radius 2 is 1.66 bits per heavy atom. The number of nitrogens with zero attached hydrogens (tertiary/aromatic N) is 5. The van der Waals surface area contributed by atoms with E-state index in [1.165, 1.54) is 24.5 Å². The fraction of sp³-hybridized carbons (Fsp3) is 0.348. The molecule has 3 heterocycles. The molecule has 0 saturated carbocycles. The smallest absolute Gasteiger partial charge is 0.451 e. The summed E-state index contributed by atoms with van der Waals surface area (Å²) in [4.78, 5) is 15.1. The Hall–Kier alpha value is -3.70. The quantitative estimate of drug-likeness (QED) is 0.412. The summed E-state index contributed by atoms with van der Waals surface area (Å²) in [5.41, 5.74) is 1.94. The highest BCUT2D eigenvalue weighted by Gasteiger charge is 2.35. The van der Waals surface area contributed by atoms with Crippen LogP contribution in [-0.4, -0.2) is 47.8 Å². The predicted molar refractivity (Wildman–Crippen MR) is 118 cm³/mol. The van der Waals surface area contributed by atoms with Gasteiger partial charge in [-0.2, -0.15) is 22.0 Å². The Morgan fingerprint density at radius 3 is 2.23 bits per heavy atom. The number of alkyl halides is 5. The van der Waals surface area contributed by atoms with Crippen molar-refractivity contribution in [2.75, 3.05) is 30.0 Å². The molecule has 12 heteroatoms. The Balaban J connectivity index is 1.56. The van der Waals surface area contributed by atoms with Gasteiger partial charge in [-0.3, -0.25) is 4.98 Å². The molecule has 1 aliphatic rings. The fourth-order valence-electron chi connectivity index (χ4n) is 4.07. The van der Waals surface area contributed by atoms with E-state index in [0.717, 1.165) is 5.69 Å². The Bertz CT molecular complexity index is 1100. The van der Waals surface area contributed by atoms with E-state index in [4.69, 9.17) is 4.74 Å². The second kappa shape index (κ2) is 10.3. The number of pyridine rings is 1. The molecule has 0 amide bonds. The lowest BCUT2D eigenvalue weighted by molar-refractivity contribution is -0.145. The third kappa shape index (κ3) is 5.69. The topological polar surface area (TPSA) is 63.6 Å². The molecule has 1 aliphatic heterocycles. The van der Waals surface area contributed by atoms with Gasteiger partial charge in [0.05, 0.1) is 31.4 Å². The van der Waals surface area contributed by atoms with Crippen LogP contribution in [0.2, 0.25) is 0 Å². The van der Waals surface area contributed by atoms with Crippen LogP contribution in [0.1, 0.15) is 18.7 Å². The Kier molecular flexibility index (Phi) is 7.17. The van der Waals surface area contributed by atoms with Crippen molar-refractivity contribution in [3.63, 3.8) is 0 Å². The average molecular weight is 495 g/mol. The summed E-state index contributed by atoms with van der Waals surface area (Å²) >= 11 is 0. The van der Waals surface area contributed by atoms with E-state index in [9.17, 15) is 22.0 Å². The molecule has 0 atom stereocenters. The first-order valence-corrected chi connectivity index (χ1v) is 10.7. The third-order valence-corrected chi connectivity index (χ3v) is 5.67. The van der Waals surface area contributed by atoms with Crippen LogP contribution in [0.4, 0.5) is 39.0 Å². The summed E-state index contributed by atoms with van der Waals surface area (Å²) in [6.45, 7) is -1.83. The first-order valence-electron chi connectivity index (χ1n) is 10.7. The molecule has 0 aliphatic carbocycles. The molecule has 186 valence electrons. The summed E-state index contributed by atoms with van der Waals surface area (Å²) in [5, 5.41) is 0. The molecular weight excluding hydrogens is 473 g/mol. The Labute approximate surface area is 198 Å². The minimum absolute atomic E-state index is 0.0263. The van der Waals surface area contributed by atoms with Gasteiger partial charge in [0, 0.05) is 37.1 Å². The standard InChI is InChI=1S/C23H22F5N5O2/c1-34-20-6-9-29-14-19(20)33(15-2-4-18(5-3-15)35-22(24)25)16-7-10-32(11-8-16)17-12-30-21(31-13-17)23(26,27)28/h2-6,9,12-14,16,22H,7-8,10-11H2,1H3. The third-order valence-electron chi connectivity index (χ3n) is 5.67. The molecule has 0 N–H and O–H groups in total. The van der Waals surface area contributed by atoms with Gasteiger partial charge in [0.1, 0.15) is 17.2 Å². The van der Waals surface area contributed by atoms with E-state index in [0.29, 0.717) is 43.1 Å². The number of piperidine rings is 1. The molecule has 7 nitrogen and oxygen atoms in total. The molecule has 0 bridgehead atoms. The minimum atomic E-state index is -4.59. The van der Waals surface area contributed by atoms with Gasteiger partial charge < -0.3 is 19.3 Å². The monoisotopic (exact) mass is 495 g/mol. The van der Waals surface area contributed by atoms with Gasteiger partial charge in [-0.05, 0) is 37.1 Å². The summed E-state index contributed by atoms with van der Waals surface area (Å²) in [6.07, 6.45) is 2.33. The van der Waals surface area contributed by atoms with E-state index in [1.807, 2.05) is 9.80 Å². The number of halogens is 5. The van der Waals surface area contributed by atoms with Crippen molar-refractivity contribution in [1.29, 1.82) is 0 Å². The first kappa shape index (κ1) is 24.4. The summed E-state index contributed by atoms with van der Waals surface area (Å²) in [6, 6.07) is 7.99. The van der Waals surface area contributed by atoms with Gasteiger partial charge in [-0.25, -0.2) is 9.97 Å². The maximum Gasteiger partial charge on any atom is 0.451 e. The average Bonchev–Trinajstić information content (AvgIpc) is 2.85. The van der Waals surface area contributed by atoms with Crippen LogP contribution in [0.3, 0.4) is 0 Å². The van der Waals surface area contributed by atoms with Crippen LogP contribution >= 0.6 is 0 Å². The largest absolute Gasteiger partial charge is 0.494 e. The lowest BCUT2D eigenvalue weighted by atomic mass is 10.0. The van der Waals surface area contributed by atoms with Crippen LogP contribution in [0.25, 0.3) is 0 Å². The first-order chi connectivity index (χ1) is 16.8. The van der Waals surface area contributed by atoms with Crippen molar-refractivity contribution < 1.29 is 31.4 Å². The van der Waals surface area contributed by atoms with Gasteiger partial charge in [0.25, 0.3) is 0 Å². The summed E-state index contributed by atoms with van der Waals surface area (Å²) in [7, 11) is 1.55. The minimum Gasteiger partial charge on any atom is -0.494 e. The number of anilines is 3. The Morgan fingerprint density at radius 1 is 1.00 bits per heavy atom. The number of aromatic nitrogens is 3. The molecule has 35 heavy (non-hydrogen) atoms. The molecular formula is C23H22F5N5O2. The number of rotatable bonds is 7. The second-order valence-electron chi connectivity index (χ2n) is 7.77. The second-order valence-corrected chi connectivity index (χ2v) is 7.77. The molecule has 3 aromatic rings. The van der Waals surface area contributed by atoms with Crippen LogP contribution in [-0.2, 0) is 6.18 Å². The van der Waals surface area contributed by atoms with E-state index < -0.39 is 18.6 Å². The molecule has 0 radical (unpaired) electrons. The van der Waals surface area contributed by atoms with Crippen molar-refractivity contribution in [2.24, 2.45) is 0 Å². The molecule has 4 rings (SSSR count). The van der Waals surface area contributed by atoms with Crippen molar-refractivity contribution >= 4 is 17.1 Å². The molecule has 1 aromatic carbocycles. The summed E-state index contributed by atoms with van der Waals surface area (Å²) in [5.74, 6) is -0.546. The highest BCUT2D eigenvalue weighted by molar-refractivity contribution is 5.70. The van der Waals surface area contributed by atoms with E-state index >= 15 is 0 Å². The SMILES string of the molecule is COc1ccncc1N(c1ccc(OC(F)F)cc1)C1CCN(c2cnc(C(F)(F)F)nc2)CC1. The number of benzene rings is 1. The summed E-state index contributed by atoms with van der Waals surface area (Å²) < 4.78 is 73.4. The van der Waals surface area contributed by atoms with Crippen molar-refractivity contribution in [1.82, 2.24) is 15.0 Å². The highest BCUT2D eigenvalue weighted by Crippen LogP contribution is 2.38. The number of hydrogen-bond acceptors (Lipinski definition) is 7. The van der Waals surface area contributed by atoms with E-state index in [2.05, 4.69) is 19.7 Å². The van der Waals surface area contributed by atoms with E-state index in [-0.39, 0.29) is 11.8 Å². The zero-order valence-corrected chi connectivity index (χ0v) is 18.6. The van der Waals surface area contributed by atoms with Crippen molar-refractivity contribution in [3.05, 3.63) is 60.9 Å². The van der Waals surface area contributed by atoms with E-state index in [1.54, 1.807) is 37.7 Å². The van der Waals surface area contributed by atoms with Gasteiger partial charge in [0.2, 0.25) is 5.82 Å². The number of ether oxygens (including phenoxy) is 2. The maximum atomic E-state index is 12.8. The number of methoxy groups -OCH3 is 1.